The molecule has 1 fully saturated rings. The first-order valence-corrected chi connectivity index (χ1v) is 10.2. The first-order valence-electron chi connectivity index (χ1n) is 9.43. The van der Waals surface area contributed by atoms with Crippen LogP contribution in [0.3, 0.4) is 0 Å². The predicted molar refractivity (Wildman–Crippen MR) is 112 cm³/mol. The van der Waals surface area contributed by atoms with E-state index in [9.17, 15) is 27.9 Å². The van der Waals surface area contributed by atoms with E-state index in [1.54, 1.807) is 30.3 Å². The van der Waals surface area contributed by atoms with Gasteiger partial charge in [0.25, 0.3) is 0 Å². The lowest BCUT2D eigenvalue weighted by atomic mass is 9.79. The van der Waals surface area contributed by atoms with Gasteiger partial charge in [-0.3, -0.25) is 4.79 Å². The highest BCUT2D eigenvalue weighted by atomic mass is 79.9. The average molecular weight is 509 g/mol. The fourth-order valence-corrected chi connectivity index (χ4v) is 3.91. The number of amides is 2. The number of aliphatic hydroxyl groups is 1. The minimum absolute atomic E-state index is 0.0530. The lowest BCUT2D eigenvalue weighted by Crippen LogP contribution is -2.72. The van der Waals surface area contributed by atoms with Gasteiger partial charge in [0.1, 0.15) is 23.5 Å². The van der Waals surface area contributed by atoms with Crippen LogP contribution in [0.2, 0.25) is 0 Å². The van der Waals surface area contributed by atoms with Gasteiger partial charge >= 0.3 is 12.2 Å². The first-order chi connectivity index (χ1) is 15.1. The number of halogens is 4. The molecule has 1 aliphatic rings. The van der Waals surface area contributed by atoms with Crippen LogP contribution in [-0.2, 0) is 0 Å². The van der Waals surface area contributed by atoms with Gasteiger partial charge < -0.3 is 20.2 Å². The highest BCUT2D eigenvalue weighted by Crippen LogP contribution is 2.44. The molecule has 0 spiro atoms. The standard InChI is InChI=1S/C22H16BrF3N2O4/c23-14-8-6-12(7-9-14)15-10-11-16(32-15)18-17(19(29)13-4-2-1-3-5-13)21(31,22(24,25)26)28-20(30)27-18/h1-11,17-18,31H,(H2,27,28,30)/t17-,18-,21-/m1/s1. The molecule has 6 nitrogen and oxygen atoms in total. The molecule has 10 heteroatoms. The van der Waals surface area contributed by atoms with Crippen molar-refractivity contribution in [1.29, 1.82) is 0 Å². The number of alkyl halides is 3. The Morgan fingerprint density at radius 1 is 1.03 bits per heavy atom. The fourth-order valence-electron chi connectivity index (χ4n) is 3.65. The number of benzene rings is 2. The Kier molecular flexibility index (Phi) is 5.59. The second-order valence-corrected chi connectivity index (χ2v) is 8.17. The Labute approximate surface area is 188 Å². The number of Topliss-reactive ketones (excluding diaryl/α,β-unsaturated/α-hetero) is 1. The summed E-state index contributed by atoms with van der Waals surface area (Å²) in [5.41, 5.74) is -3.23. The normalized spacial score (nSPS) is 23.3. The van der Waals surface area contributed by atoms with Gasteiger partial charge in [0, 0.05) is 15.6 Å². The molecule has 4 rings (SSSR count). The molecule has 0 unspecified atom stereocenters. The quantitative estimate of drug-likeness (QED) is 0.441. The van der Waals surface area contributed by atoms with Crippen LogP contribution in [-0.4, -0.2) is 28.8 Å². The topological polar surface area (TPSA) is 91.6 Å². The van der Waals surface area contributed by atoms with E-state index in [-0.39, 0.29) is 11.3 Å². The molecular weight excluding hydrogens is 493 g/mol. The summed E-state index contributed by atoms with van der Waals surface area (Å²) in [6, 6.07) is 14.2. The third kappa shape index (κ3) is 3.91. The summed E-state index contributed by atoms with van der Waals surface area (Å²) in [5.74, 6) is -2.94. The molecule has 0 aliphatic carbocycles. The largest absolute Gasteiger partial charge is 0.459 e. The number of urea groups is 1. The van der Waals surface area contributed by atoms with E-state index in [1.165, 1.54) is 41.7 Å². The Balaban J connectivity index is 1.80. The second-order valence-electron chi connectivity index (χ2n) is 7.26. The average Bonchev–Trinajstić information content (AvgIpc) is 3.23. The summed E-state index contributed by atoms with van der Waals surface area (Å²) in [7, 11) is 0. The molecule has 3 N–H and O–H groups in total. The molecule has 2 amide bonds. The molecule has 1 saturated heterocycles. The number of furan rings is 1. The smallest absolute Gasteiger partial charge is 0.437 e. The van der Waals surface area contributed by atoms with Crippen molar-refractivity contribution >= 4 is 27.7 Å². The minimum Gasteiger partial charge on any atom is -0.459 e. The lowest BCUT2D eigenvalue weighted by Gasteiger charge is -2.44. The highest BCUT2D eigenvalue weighted by Gasteiger charge is 2.66. The summed E-state index contributed by atoms with van der Waals surface area (Å²) >= 11 is 3.31. The zero-order valence-corrected chi connectivity index (χ0v) is 17.8. The van der Waals surface area contributed by atoms with Crippen molar-refractivity contribution in [3.8, 4) is 11.3 Å². The number of hydrogen-bond acceptors (Lipinski definition) is 4. The summed E-state index contributed by atoms with van der Waals surface area (Å²) in [6.07, 6.45) is -5.33. The second kappa shape index (κ2) is 8.10. The summed E-state index contributed by atoms with van der Waals surface area (Å²) in [5, 5.41) is 14.4. The molecule has 0 bridgehead atoms. The molecule has 3 atom stereocenters. The van der Waals surface area contributed by atoms with E-state index in [0.717, 1.165) is 4.47 Å². The lowest BCUT2D eigenvalue weighted by molar-refractivity contribution is -0.288. The van der Waals surface area contributed by atoms with Gasteiger partial charge in [-0.05, 0) is 24.3 Å². The fraction of sp³-hybridized carbons (Fsp3) is 0.182. The zero-order valence-electron chi connectivity index (χ0n) is 16.2. The summed E-state index contributed by atoms with van der Waals surface area (Å²) < 4.78 is 48.4. The predicted octanol–water partition coefficient (Wildman–Crippen LogP) is 4.81. The van der Waals surface area contributed by atoms with Crippen LogP contribution in [0.15, 0.2) is 75.6 Å². The van der Waals surface area contributed by atoms with Crippen LogP contribution >= 0.6 is 15.9 Å². The van der Waals surface area contributed by atoms with Crippen molar-refractivity contribution in [3.05, 3.63) is 82.5 Å². The maximum atomic E-state index is 13.9. The van der Waals surface area contributed by atoms with Crippen molar-refractivity contribution in [3.63, 3.8) is 0 Å². The van der Waals surface area contributed by atoms with Gasteiger partial charge in [-0.15, -0.1) is 0 Å². The van der Waals surface area contributed by atoms with Crippen LogP contribution in [0.5, 0.6) is 0 Å². The molecule has 2 aromatic carbocycles. The van der Waals surface area contributed by atoms with Crippen LogP contribution < -0.4 is 10.6 Å². The van der Waals surface area contributed by atoms with Gasteiger partial charge in [0.15, 0.2) is 5.78 Å². The summed E-state index contributed by atoms with van der Waals surface area (Å²) in [6.45, 7) is 0. The van der Waals surface area contributed by atoms with E-state index >= 15 is 0 Å². The van der Waals surface area contributed by atoms with E-state index in [4.69, 9.17) is 4.42 Å². The van der Waals surface area contributed by atoms with Crippen molar-refractivity contribution in [2.24, 2.45) is 5.92 Å². The van der Waals surface area contributed by atoms with Crippen LogP contribution in [0.4, 0.5) is 18.0 Å². The Hall–Kier alpha value is -3.11. The van der Waals surface area contributed by atoms with Gasteiger partial charge in [0.05, 0.1) is 0 Å². The molecule has 166 valence electrons. The van der Waals surface area contributed by atoms with E-state index in [2.05, 4.69) is 21.2 Å². The van der Waals surface area contributed by atoms with Crippen LogP contribution in [0.25, 0.3) is 11.3 Å². The van der Waals surface area contributed by atoms with E-state index in [0.29, 0.717) is 11.3 Å². The van der Waals surface area contributed by atoms with E-state index in [1.807, 2.05) is 0 Å². The molecule has 1 aromatic heterocycles. The SMILES string of the molecule is O=C1N[C@H](c2ccc(-c3ccc(Br)cc3)o2)[C@H](C(=O)c2ccccc2)[C@@](O)(C(F)(F)F)N1. The number of carbonyl (C=O) groups excluding carboxylic acids is 2. The van der Waals surface area contributed by atoms with Gasteiger partial charge in [-0.25, -0.2) is 4.79 Å². The van der Waals surface area contributed by atoms with Gasteiger partial charge in [0.2, 0.25) is 5.72 Å². The first kappa shape index (κ1) is 22.1. The number of hydrogen-bond donors (Lipinski definition) is 3. The molecule has 0 saturated carbocycles. The highest BCUT2D eigenvalue weighted by molar-refractivity contribution is 9.10. The molecule has 3 aromatic rings. The minimum atomic E-state index is -5.33. The molecule has 32 heavy (non-hydrogen) atoms. The van der Waals surface area contributed by atoms with Crippen LogP contribution in [0.1, 0.15) is 22.2 Å². The Morgan fingerprint density at radius 2 is 1.69 bits per heavy atom. The molecule has 1 aliphatic heterocycles. The van der Waals surface area contributed by atoms with Gasteiger partial charge in [-0.2, -0.15) is 13.2 Å². The van der Waals surface area contributed by atoms with E-state index < -0.39 is 35.7 Å². The number of ketones is 1. The monoisotopic (exact) mass is 508 g/mol. The Morgan fingerprint density at radius 3 is 2.31 bits per heavy atom. The number of nitrogens with one attached hydrogen (secondary N) is 2. The van der Waals surface area contributed by atoms with Crippen molar-refractivity contribution < 1.29 is 32.3 Å². The van der Waals surface area contributed by atoms with Crippen molar-refractivity contribution in [2.75, 3.05) is 0 Å². The van der Waals surface area contributed by atoms with Crippen molar-refractivity contribution in [1.82, 2.24) is 10.6 Å². The van der Waals surface area contributed by atoms with Gasteiger partial charge in [-0.1, -0.05) is 58.4 Å². The van der Waals surface area contributed by atoms with Crippen LogP contribution in [0, 0.1) is 5.92 Å². The Bertz CT molecular complexity index is 1150. The molecule has 2 heterocycles. The van der Waals surface area contributed by atoms with Crippen molar-refractivity contribution in [2.45, 2.75) is 17.9 Å². The summed E-state index contributed by atoms with van der Waals surface area (Å²) in [4.78, 5) is 25.3. The zero-order chi connectivity index (χ0) is 23.1. The molecule has 0 radical (unpaired) electrons. The maximum Gasteiger partial charge on any atom is 0.437 e. The third-order valence-corrected chi connectivity index (χ3v) is 5.74. The number of carbonyl (C=O) groups is 2. The third-order valence-electron chi connectivity index (χ3n) is 5.21. The molecular formula is C22H16BrF3N2O4. The number of rotatable bonds is 4. The maximum absolute atomic E-state index is 13.9.